The molecular weight excluding hydrogens is 398 g/mol. The van der Waals surface area contributed by atoms with E-state index in [1.165, 1.54) is 19.2 Å². The smallest absolute Gasteiger partial charge is 0.240 e. The summed E-state index contributed by atoms with van der Waals surface area (Å²) in [6.07, 6.45) is 0. The Labute approximate surface area is 176 Å². The number of sulfonamides is 1. The third-order valence-electron chi connectivity index (χ3n) is 4.45. The standard InChI is InChI=1S/C23H21N3O3S/c1-17(18-13-15-21(16-14-18)30(28,29)24-2)25-26-22(19-9-5-3-6-10-19)23(27)20-11-7-4-8-12-20/h3-16,24H,1-2H3/b25-17+,26-22+. The number of carbonyl (C=O) groups is 1. The number of benzene rings is 3. The molecule has 0 aliphatic heterocycles. The summed E-state index contributed by atoms with van der Waals surface area (Å²) >= 11 is 0. The summed E-state index contributed by atoms with van der Waals surface area (Å²) in [6, 6.07) is 24.4. The number of nitrogens with one attached hydrogen (secondary N) is 1. The normalized spacial score (nSPS) is 12.6. The van der Waals surface area contributed by atoms with Gasteiger partial charge in [0.25, 0.3) is 0 Å². The van der Waals surface area contributed by atoms with Gasteiger partial charge in [-0.1, -0.05) is 72.8 Å². The van der Waals surface area contributed by atoms with E-state index in [4.69, 9.17) is 0 Å². The van der Waals surface area contributed by atoms with Crippen LogP contribution in [-0.2, 0) is 10.0 Å². The van der Waals surface area contributed by atoms with Gasteiger partial charge in [0.2, 0.25) is 15.8 Å². The van der Waals surface area contributed by atoms with Gasteiger partial charge in [0, 0.05) is 11.1 Å². The van der Waals surface area contributed by atoms with Crippen molar-refractivity contribution in [2.24, 2.45) is 10.2 Å². The van der Waals surface area contributed by atoms with Gasteiger partial charge in [-0.15, -0.1) is 5.10 Å². The first-order valence-electron chi connectivity index (χ1n) is 9.24. The van der Waals surface area contributed by atoms with Crippen molar-refractivity contribution < 1.29 is 13.2 Å². The third kappa shape index (κ3) is 4.94. The van der Waals surface area contributed by atoms with Crippen LogP contribution in [0.1, 0.15) is 28.4 Å². The van der Waals surface area contributed by atoms with E-state index in [2.05, 4.69) is 14.9 Å². The summed E-state index contributed by atoms with van der Waals surface area (Å²) < 4.78 is 26.0. The number of hydrogen-bond donors (Lipinski definition) is 1. The molecule has 0 saturated carbocycles. The van der Waals surface area contributed by atoms with Crippen LogP contribution in [0.4, 0.5) is 0 Å². The van der Waals surface area contributed by atoms with Gasteiger partial charge in [-0.3, -0.25) is 4.79 Å². The van der Waals surface area contributed by atoms with Gasteiger partial charge in [0.15, 0.2) is 0 Å². The lowest BCUT2D eigenvalue weighted by Crippen LogP contribution is -2.18. The minimum atomic E-state index is -3.51. The molecule has 0 spiro atoms. The van der Waals surface area contributed by atoms with Crippen LogP contribution in [0.15, 0.2) is 100 Å². The molecule has 0 aliphatic carbocycles. The molecule has 0 heterocycles. The minimum absolute atomic E-state index is 0.161. The van der Waals surface area contributed by atoms with Gasteiger partial charge in [-0.05, 0) is 31.7 Å². The van der Waals surface area contributed by atoms with Crippen molar-refractivity contribution in [3.63, 3.8) is 0 Å². The topological polar surface area (TPSA) is 88.0 Å². The molecule has 30 heavy (non-hydrogen) atoms. The zero-order chi connectivity index (χ0) is 21.6. The van der Waals surface area contributed by atoms with Gasteiger partial charge < -0.3 is 0 Å². The highest BCUT2D eigenvalue weighted by Crippen LogP contribution is 2.13. The molecule has 3 rings (SSSR count). The van der Waals surface area contributed by atoms with Crippen LogP contribution in [-0.4, -0.2) is 32.7 Å². The SMILES string of the molecule is CNS(=O)(=O)c1ccc(/C(C)=N/N=C(/C(=O)c2ccccc2)c2ccccc2)cc1. The Morgan fingerprint density at radius 1 is 0.733 bits per heavy atom. The summed E-state index contributed by atoms with van der Waals surface area (Å²) in [5.41, 5.74) is 2.68. The summed E-state index contributed by atoms with van der Waals surface area (Å²) in [5.74, 6) is -0.228. The first-order valence-corrected chi connectivity index (χ1v) is 10.7. The minimum Gasteiger partial charge on any atom is -0.287 e. The first-order chi connectivity index (χ1) is 14.4. The molecule has 0 fully saturated rings. The molecule has 0 bridgehead atoms. The fraction of sp³-hybridized carbons (Fsp3) is 0.0870. The Balaban J connectivity index is 1.97. The lowest BCUT2D eigenvalue weighted by molar-refractivity contribution is 0.106. The number of nitrogens with zero attached hydrogens (tertiary/aromatic N) is 2. The Kier molecular flexibility index (Phi) is 6.66. The maximum Gasteiger partial charge on any atom is 0.240 e. The van der Waals surface area contributed by atoms with Gasteiger partial charge in [0.1, 0.15) is 5.71 Å². The average Bonchev–Trinajstić information content (AvgIpc) is 2.80. The van der Waals surface area contributed by atoms with Crippen molar-refractivity contribution in [3.05, 3.63) is 102 Å². The molecule has 3 aromatic carbocycles. The summed E-state index contributed by atoms with van der Waals surface area (Å²) in [5, 5.41) is 8.51. The zero-order valence-corrected chi connectivity index (χ0v) is 17.4. The number of ketones is 1. The van der Waals surface area contributed by atoms with E-state index in [0.717, 1.165) is 0 Å². The molecule has 6 nitrogen and oxygen atoms in total. The number of Topliss-reactive ketones (excluding diaryl/α,β-unsaturated/α-hetero) is 1. The summed E-state index contributed by atoms with van der Waals surface area (Å²) in [4.78, 5) is 13.2. The molecule has 0 atom stereocenters. The molecule has 1 N–H and O–H groups in total. The van der Waals surface area contributed by atoms with E-state index in [1.54, 1.807) is 43.3 Å². The van der Waals surface area contributed by atoms with Gasteiger partial charge >= 0.3 is 0 Å². The van der Waals surface area contributed by atoms with E-state index >= 15 is 0 Å². The van der Waals surface area contributed by atoms with E-state index < -0.39 is 10.0 Å². The predicted molar refractivity (Wildman–Crippen MR) is 119 cm³/mol. The average molecular weight is 420 g/mol. The lowest BCUT2D eigenvalue weighted by atomic mass is 10.0. The van der Waals surface area contributed by atoms with Crippen molar-refractivity contribution in [2.75, 3.05) is 7.05 Å². The molecule has 0 aliphatic rings. The maximum atomic E-state index is 13.0. The molecule has 7 heteroatoms. The van der Waals surface area contributed by atoms with Gasteiger partial charge in [0.05, 0.1) is 10.6 Å². The largest absolute Gasteiger partial charge is 0.287 e. The fourth-order valence-corrected chi connectivity index (χ4v) is 3.46. The van der Waals surface area contributed by atoms with Gasteiger partial charge in [-0.25, -0.2) is 13.1 Å². The second-order valence-corrected chi connectivity index (χ2v) is 8.31. The molecule has 0 aromatic heterocycles. The quantitative estimate of drug-likeness (QED) is 0.360. The molecular formula is C23H21N3O3S. The van der Waals surface area contributed by atoms with Crippen LogP contribution in [0, 0.1) is 0 Å². The molecule has 3 aromatic rings. The fourth-order valence-electron chi connectivity index (χ4n) is 2.73. The lowest BCUT2D eigenvalue weighted by Gasteiger charge is -2.06. The third-order valence-corrected chi connectivity index (χ3v) is 5.88. The van der Waals surface area contributed by atoms with E-state index in [-0.39, 0.29) is 16.4 Å². The van der Waals surface area contributed by atoms with Crippen LogP contribution < -0.4 is 4.72 Å². The highest BCUT2D eigenvalue weighted by molar-refractivity contribution is 7.89. The van der Waals surface area contributed by atoms with Crippen LogP contribution >= 0.6 is 0 Å². The summed E-state index contributed by atoms with van der Waals surface area (Å²) in [7, 11) is -2.15. The molecule has 152 valence electrons. The molecule has 0 amide bonds. The Morgan fingerprint density at radius 2 is 1.27 bits per heavy atom. The van der Waals surface area contributed by atoms with Crippen molar-refractivity contribution >= 4 is 27.2 Å². The van der Waals surface area contributed by atoms with E-state index in [1.807, 2.05) is 36.4 Å². The maximum absolute atomic E-state index is 13.0. The highest BCUT2D eigenvalue weighted by atomic mass is 32.2. The van der Waals surface area contributed by atoms with Crippen molar-refractivity contribution in [2.45, 2.75) is 11.8 Å². The molecule has 0 radical (unpaired) electrons. The molecule has 0 unspecified atom stereocenters. The monoisotopic (exact) mass is 419 g/mol. The van der Waals surface area contributed by atoms with Gasteiger partial charge in [-0.2, -0.15) is 5.10 Å². The number of rotatable bonds is 7. The molecule has 0 saturated heterocycles. The first kappa shape index (κ1) is 21.3. The van der Waals surface area contributed by atoms with Crippen LogP contribution in [0.5, 0.6) is 0 Å². The Morgan fingerprint density at radius 3 is 1.80 bits per heavy atom. The highest BCUT2D eigenvalue weighted by Gasteiger charge is 2.16. The number of hydrogen-bond acceptors (Lipinski definition) is 5. The van der Waals surface area contributed by atoms with Crippen molar-refractivity contribution in [1.82, 2.24) is 4.72 Å². The van der Waals surface area contributed by atoms with Crippen LogP contribution in [0.3, 0.4) is 0 Å². The van der Waals surface area contributed by atoms with Crippen LogP contribution in [0.25, 0.3) is 0 Å². The summed E-state index contributed by atoms with van der Waals surface area (Å²) in [6.45, 7) is 1.75. The second kappa shape index (κ2) is 9.39. The van der Waals surface area contributed by atoms with E-state index in [9.17, 15) is 13.2 Å². The number of carbonyl (C=O) groups excluding carboxylic acids is 1. The Bertz CT molecular complexity index is 1190. The van der Waals surface area contributed by atoms with Crippen molar-refractivity contribution in [3.8, 4) is 0 Å². The van der Waals surface area contributed by atoms with E-state index in [0.29, 0.717) is 22.4 Å². The Hall–Kier alpha value is -3.42. The zero-order valence-electron chi connectivity index (χ0n) is 16.6. The predicted octanol–water partition coefficient (Wildman–Crippen LogP) is 3.69. The second-order valence-electron chi connectivity index (χ2n) is 6.43. The van der Waals surface area contributed by atoms with Crippen molar-refractivity contribution in [1.29, 1.82) is 0 Å². The van der Waals surface area contributed by atoms with Crippen LogP contribution in [0.2, 0.25) is 0 Å².